The minimum atomic E-state index is -1.02. The number of piperazine rings is 1. The molecule has 0 radical (unpaired) electrons. The van der Waals surface area contributed by atoms with Gasteiger partial charge in [-0.3, -0.25) is 9.69 Å². The minimum Gasteiger partial charge on any atom is -0.465 e. The fraction of sp³-hybridized carbons (Fsp3) is 0.476. The van der Waals surface area contributed by atoms with Gasteiger partial charge in [0.15, 0.2) is 0 Å². The van der Waals surface area contributed by atoms with Crippen LogP contribution in [0.2, 0.25) is 0 Å². The average Bonchev–Trinajstić information content (AvgIpc) is 3.09. The zero-order chi connectivity index (χ0) is 21.3. The molecule has 1 aliphatic heterocycles. The lowest BCUT2D eigenvalue weighted by molar-refractivity contribution is -0.138. The van der Waals surface area contributed by atoms with E-state index in [0.717, 1.165) is 17.1 Å². The van der Waals surface area contributed by atoms with Gasteiger partial charge in [-0.25, -0.2) is 9.48 Å². The molecule has 2 amide bonds. The van der Waals surface area contributed by atoms with Crippen molar-refractivity contribution in [3.8, 4) is 5.69 Å². The number of nitrogens with zero attached hydrogens (tertiary/aromatic N) is 4. The van der Waals surface area contributed by atoms with Crippen molar-refractivity contribution in [1.29, 1.82) is 0 Å². The van der Waals surface area contributed by atoms with Crippen molar-refractivity contribution in [2.24, 2.45) is 11.7 Å². The number of aryl methyl sites for hydroxylation is 1. The van der Waals surface area contributed by atoms with E-state index >= 15 is 0 Å². The molecule has 2 heterocycles. The SMILES string of the molecule is Cc1cc([C@@]2(C)CN(C(=O)[C@@H](N)C(C)C)CCN2C(=O)O)n(-c2ccccc2)n1. The molecule has 8 nitrogen and oxygen atoms in total. The molecule has 0 aliphatic carbocycles. The van der Waals surface area contributed by atoms with Gasteiger partial charge in [-0.2, -0.15) is 5.10 Å². The van der Waals surface area contributed by atoms with Crippen LogP contribution >= 0.6 is 0 Å². The quantitative estimate of drug-likeness (QED) is 0.820. The van der Waals surface area contributed by atoms with Crippen LogP contribution in [0.3, 0.4) is 0 Å². The molecule has 0 spiro atoms. The molecule has 1 saturated heterocycles. The van der Waals surface area contributed by atoms with Gasteiger partial charge >= 0.3 is 6.09 Å². The normalized spacial score (nSPS) is 20.8. The Kier molecular flexibility index (Phi) is 5.66. The lowest BCUT2D eigenvalue weighted by atomic mass is 9.90. The number of rotatable bonds is 4. The summed E-state index contributed by atoms with van der Waals surface area (Å²) in [6, 6.07) is 10.8. The van der Waals surface area contributed by atoms with Crippen LogP contribution in [0.25, 0.3) is 5.69 Å². The third kappa shape index (κ3) is 3.85. The van der Waals surface area contributed by atoms with Gasteiger partial charge < -0.3 is 15.7 Å². The summed E-state index contributed by atoms with van der Waals surface area (Å²) in [5.41, 5.74) is 7.47. The van der Waals surface area contributed by atoms with Crippen molar-refractivity contribution in [1.82, 2.24) is 19.6 Å². The molecular formula is C21H29N5O3. The van der Waals surface area contributed by atoms with Crippen molar-refractivity contribution in [3.63, 3.8) is 0 Å². The Balaban J connectivity index is 2.06. The first kappa shape index (κ1) is 20.9. The molecule has 1 aromatic heterocycles. The van der Waals surface area contributed by atoms with Crippen LogP contribution in [0.15, 0.2) is 36.4 Å². The van der Waals surface area contributed by atoms with Crippen molar-refractivity contribution < 1.29 is 14.7 Å². The predicted octanol–water partition coefficient (Wildman–Crippen LogP) is 2.20. The Morgan fingerprint density at radius 1 is 1.21 bits per heavy atom. The summed E-state index contributed by atoms with van der Waals surface area (Å²) in [7, 11) is 0. The number of nitrogens with two attached hydrogens (primary N) is 1. The number of amides is 2. The van der Waals surface area contributed by atoms with Gasteiger partial charge in [0.1, 0.15) is 5.54 Å². The van der Waals surface area contributed by atoms with E-state index in [1.165, 1.54) is 4.90 Å². The smallest absolute Gasteiger partial charge is 0.408 e. The van der Waals surface area contributed by atoms with Crippen LogP contribution in [0.5, 0.6) is 0 Å². The Bertz CT molecular complexity index is 895. The largest absolute Gasteiger partial charge is 0.465 e. The van der Waals surface area contributed by atoms with Gasteiger partial charge in [0.25, 0.3) is 0 Å². The molecule has 2 atom stereocenters. The highest BCUT2D eigenvalue weighted by atomic mass is 16.4. The van der Waals surface area contributed by atoms with E-state index in [9.17, 15) is 14.7 Å². The van der Waals surface area contributed by atoms with E-state index in [4.69, 9.17) is 5.73 Å². The maximum Gasteiger partial charge on any atom is 0.408 e. The van der Waals surface area contributed by atoms with E-state index in [0.29, 0.717) is 6.54 Å². The van der Waals surface area contributed by atoms with Crippen LogP contribution in [-0.2, 0) is 10.3 Å². The fourth-order valence-electron chi connectivity index (χ4n) is 3.86. The van der Waals surface area contributed by atoms with Crippen LogP contribution in [0.1, 0.15) is 32.2 Å². The van der Waals surface area contributed by atoms with Crippen molar-refractivity contribution in [3.05, 3.63) is 47.8 Å². The second kappa shape index (κ2) is 7.87. The number of aromatic nitrogens is 2. The van der Waals surface area contributed by atoms with Gasteiger partial charge in [0, 0.05) is 19.6 Å². The molecule has 0 saturated carbocycles. The van der Waals surface area contributed by atoms with Gasteiger partial charge in [0.05, 0.1) is 23.1 Å². The fourth-order valence-corrected chi connectivity index (χ4v) is 3.86. The lowest BCUT2D eigenvalue weighted by Crippen LogP contribution is -2.63. The Labute approximate surface area is 170 Å². The molecule has 1 aromatic carbocycles. The third-order valence-corrected chi connectivity index (χ3v) is 5.62. The summed E-state index contributed by atoms with van der Waals surface area (Å²) in [4.78, 5) is 28.1. The number of benzene rings is 1. The first-order valence-corrected chi connectivity index (χ1v) is 9.82. The van der Waals surface area contributed by atoms with Crippen molar-refractivity contribution in [2.75, 3.05) is 19.6 Å². The first-order valence-electron chi connectivity index (χ1n) is 9.82. The van der Waals surface area contributed by atoms with Crippen molar-refractivity contribution >= 4 is 12.0 Å². The monoisotopic (exact) mass is 399 g/mol. The molecule has 0 bridgehead atoms. The highest BCUT2D eigenvalue weighted by molar-refractivity contribution is 5.82. The molecule has 0 unspecified atom stereocenters. The summed E-state index contributed by atoms with van der Waals surface area (Å²) in [5.74, 6) is -0.151. The van der Waals surface area contributed by atoms with Gasteiger partial charge in [-0.05, 0) is 38.0 Å². The average molecular weight is 399 g/mol. The molecule has 1 fully saturated rings. The minimum absolute atomic E-state index is 0.00310. The number of carbonyl (C=O) groups excluding carboxylic acids is 1. The highest BCUT2D eigenvalue weighted by Crippen LogP contribution is 2.34. The second-order valence-corrected chi connectivity index (χ2v) is 8.16. The van der Waals surface area contributed by atoms with Crippen LogP contribution < -0.4 is 5.73 Å². The van der Waals surface area contributed by atoms with E-state index in [2.05, 4.69) is 5.10 Å². The maximum atomic E-state index is 12.9. The summed E-state index contributed by atoms with van der Waals surface area (Å²) >= 11 is 0. The lowest BCUT2D eigenvalue weighted by Gasteiger charge is -2.48. The van der Waals surface area contributed by atoms with Gasteiger partial charge in [-0.1, -0.05) is 32.0 Å². The standard InChI is InChI=1S/C21H29N5O3/c1-14(2)18(22)19(27)24-10-11-25(20(28)29)21(4,13-24)17-12-15(3)23-26(17)16-8-6-5-7-9-16/h5-9,12,14,18H,10-11,13,22H2,1-4H3,(H,28,29)/t18-,21+/m0/s1. The molecule has 1 aliphatic rings. The number of para-hydroxylation sites is 1. The van der Waals surface area contributed by atoms with E-state index in [1.807, 2.05) is 64.1 Å². The topological polar surface area (TPSA) is 105 Å². The summed E-state index contributed by atoms with van der Waals surface area (Å²) in [5, 5.41) is 14.5. The van der Waals surface area contributed by atoms with Crippen LogP contribution in [-0.4, -0.2) is 62.4 Å². The first-order chi connectivity index (χ1) is 13.6. The maximum absolute atomic E-state index is 12.9. The molecule has 2 aromatic rings. The van der Waals surface area contributed by atoms with E-state index in [1.54, 1.807) is 9.58 Å². The number of hydrogen-bond acceptors (Lipinski definition) is 4. The van der Waals surface area contributed by atoms with E-state index < -0.39 is 17.7 Å². The molecule has 3 N–H and O–H groups in total. The molecule has 3 rings (SSSR count). The number of carbonyl (C=O) groups is 2. The molecular weight excluding hydrogens is 370 g/mol. The summed E-state index contributed by atoms with van der Waals surface area (Å²) < 4.78 is 1.77. The molecule has 156 valence electrons. The van der Waals surface area contributed by atoms with Gasteiger partial charge in [-0.15, -0.1) is 0 Å². The number of carboxylic acid groups (broad SMARTS) is 1. The van der Waals surface area contributed by atoms with E-state index in [-0.39, 0.29) is 24.9 Å². The zero-order valence-electron chi connectivity index (χ0n) is 17.4. The highest BCUT2D eigenvalue weighted by Gasteiger charge is 2.46. The third-order valence-electron chi connectivity index (χ3n) is 5.62. The Morgan fingerprint density at radius 3 is 2.45 bits per heavy atom. The number of hydrogen-bond donors (Lipinski definition) is 2. The van der Waals surface area contributed by atoms with Crippen LogP contribution in [0.4, 0.5) is 4.79 Å². The zero-order valence-corrected chi connectivity index (χ0v) is 17.4. The summed E-state index contributed by atoms with van der Waals surface area (Å²) in [6.45, 7) is 8.28. The predicted molar refractivity (Wildman–Crippen MR) is 110 cm³/mol. The van der Waals surface area contributed by atoms with Gasteiger partial charge in [0.2, 0.25) is 5.91 Å². The Morgan fingerprint density at radius 2 is 1.86 bits per heavy atom. The second-order valence-electron chi connectivity index (χ2n) is 8.16. The Hall–Kier alpha value is -2.87. The summed E-state index contributed by atoms with van der Waals surface area (Å²) in [6.07, 6.45) is -1.02. The van der Waals surface area contributed by atoms with Crippen LogP contribution in [0, 0.1) is 12.8 Å². The molecule has 8 heteroatoms. The molecule has 29 heavy (non-hydrogen) atoms. The van der Waals surface area contributed by atoms with Crippen molar-refractivity contribution in [2.45, 2.75) is 39.3 Å².